The van der Waals surface area contributed by atoms with Crippen LogP contribution in [-0.4, -0.2) is 48.7 Å². The van der Waals surface area contributed by atoms with Crippen LogP contribution in [0.4, 0.5) is 0 Å². The van der Waals surface area contributed by atoms with Crippen LogP contribution in [0.5, 0.6) is 0 Å². The van der Waals surface area contributed by atoms with Crippen molar-refractivity contribution in [1.29, 1.82) is 0 Å². The molecule has 4 nitrogen and oxygen atoms in total. The molecule has 2 aliphatic heterocycles. The molecule has 1 aliphatic carbocycles. The normalized spacial score (nSPS) is 25.3. The topological polar surface area (TPSA) is 41.6 Å². The number of hydrogen-bond acceptors (Lipinski definition) is 3. The highest BCUT2D eigenvalue weighted by molar-refractivity contribution is 5.84. The minimum atomic E-state index is -0.00882. The number of aryl methyl sites for hydroxylation is 2. The predicted octanol–water partition coefficient (Wildman–Crippen LogP) is 2.87. The highest BCUT2D eigenvalue weighted by Crippen LogP contribution is 2.24. The second-order valence-electron chi connectivity index (χ2n) is 8.30. The number of benzene rings is 1. The third-order valence-corrected chi connectivity index (χ3v) is 6.31. The number of nitrogens with one attached hydrogen (secondary N) is 1. The van der Waals surface area contributed by atoms with Crippen LogP contribution in [0, 0.1) is 0 Å². The van der Waals surface area contributed by atoms with Crippen LogP contribution in [0.25, 0.3) is 0 Å². The Morgan fingerprint density at radius 3 is 2.73 bits per heavy atom. The van der Waals surface area contributed by atoms with Gasteiger partial charge in [0.2, 0.25) is 5.91 Å². The molecule has 4 rings (SSSR count). The Kier molecular flexibility index (Phi) is 5.60. The standard InChI is InChI=1S/C22H32N2O2/c1-16(14-17-6-7-18-4-2-3-5-19(18)15-17)23-21-8-11-24(22(21)25)20-9-12-26-13-10-20/h6-7,15-16,20-21,23H,2-5,8-14H2,1H3. The first-order chi connectivity index (χ1) is 12.7. The fraction of sp³-hybridized carbons (Fsp3) is 0.682. The Morgan fingerprint density at radius 2 is 1.92 bits per heavy atom. The number of fused-ring (bicyclic) bond motifs is 1. The monoisotopic (exact) mass is 356 g/mol. The largest absolute Gasteiger partial charge is 0.381 e. The zero-order valence-electron chi connectivity index (χ0n) is 16.0. The Balaban J connectivity index is 1.32. The summed E-state index contributed by atoms with van der Waals surface area (Å²) in [5.41, 5.74) is 4.49. The lowest BCUT2D eigenvalue weighted by Crippen LogP contribution is -2.47. The van der Waals surface area contributed by atoms with Crippen LogP contribution in [0.3, 0.4) is 0 Å². The Hall–Kier alpha value is -1.39. The maximum atomic E-state index is 12.8. The van der Waals surface area contributed by atoms with E-state index in [9.17, 15) is 4.79 Å². The van der Waals surface area contributed by atoms with Crippen LogP contribution < -0.4 is 5.32 Å². The SMILES string of the molecule is CC(Cc1ccc2c(c1)CCCC2)NC1CCN(C2CCOCC2)C1=O. The zero-order chi connectivity index (χ0) is 17.9. The van der Waals surface area contributed by atoms with E-state index < -0.39 is 0 Å². The number of ether oxygens (including phenoxy) is 1. The number of rotatable bonds is 5. The molecule has 0 aromatic heterocycles. The summed E-state index contributed by atoms with van der Waals surface area (Å²) >= 11 is 0. The number of hydrogen-bond donors (Lipinski definition) is 1. The molecular formula is C22H32N2O2. The van der Waals surface area contributed by atoms with E-state index in [1.807, 2.05) is 0 Å². The lowest BCUT2D eigenvalue weighted by Gasteiger charge is -2.31. The van der Waals surface area contributed by atoms with Gasteiger partial charge >= 0.3 is 0 Å². The number of nitrogens with zero attached hydrogens (tertiary/aromatic N) is 1. The molecule has 0 spiro atoms. The van der Waals surface area contributed by atoms with E-state index in [1.165, 1.54) is 31.2 Å². The molecule has 1 N–H and O–H groups in total. The minimum absolute atomic E-state index is 0.00882. The van der Waals surface area contributed by atoms with Crippen molar-refractivity contribution in [2.75, 3.05) is 19.8 Å². The number of amides is 1. The predicted molar refractivity (Wildman–Crippen MR) is 103 cm³/mol. The molecule has 2 heterocycles. The van der Waals surface area contributed by atoms with Gasteiger partial charge in [-0.05, 0) is 75.0 Å². The number of carbonyl (C=O) groups is 1. The first-order valence-electron chi connectivity index (χ1n) is 10.5. The van der Waals surface area contributed by atoms with Crippen LogP contribution in [-0.2, 0) is 28.8 Å². The first kappa shape index (κ1) is 18.0. The molecular weight excluding hydrogens is 324 g/mol. The summed E-state index contributed by atoms with van der Waals surface area (Å²) in [4.78, 5) is 14.9. The third kappa shape index (κ3) is 3.96. The summed E-state index contributed by atoms with van der Waals surface area (Å²) in [5.74, 6) is 0.300. The summed E-state index contributed by atoms with van der Waals surface area (Å²) < 4.78 is 5.44. The van der Waals surface area contributed by atoms with Gasteiger partial charge in [0.1, 0.15) is 0 Å². The fourth-order valence-electron chi connectivity index (χ4n) is 4.89. The van der Waals surface area contributed by atoms with E-state index in [1.54, 1.807) is 11.1 Å². The molecule has 26 heavy (non-hydrogen) atoms. The maximum absolute atomic E-state index is 12.8. The molecule has 1 amide bonds. The number of carbonyl (C=O) groups excluding carboxylic acids is 1. The second kappa shape index (κ2) is 8.10. The molecule has 0 saturated carbocycles. The third-order valence-electron chi connectivity index (χ3n) is 6.31. The lowest BCUT2D eigenvalue weighted by molar-refractivity contribution is -0.133. The Bertz CT molecular complexity index is 639. The van der Waals surface area contributed by atoms with Crippen LogP contribution >= 0.6 is 0 Å². The summed E-state index contributed by atoms with van der Waals surface area (Å²) in [7, 11) is 0. The van der Waals surface area contributed by atoms with Crippen molar-refractivity contribution in [3.63, 3.8) is 0 Å². The Labute approximate surface area is 157 Å². The number of likely N-dealkylation sites (tertiary alicyclic amines) is 1. The molecule has 0 bridgehead atoms. The fourth-order valence-corrected chi connectivity index (χ4v) is 4.89. The summed E-state index contributed by atoms with van der Waals surface area (Å²) in [6, 6.07) is 7.71. The van der Waals surface area contributed by atoms with E-state index in [0.29, 0.717) is 18.0 Å². The van der Waals surface area contributed by atoms with Crippen molar-refractivity contribution >= 4 is 5.91 Å². The maximum Gasteiger partial charge on any atom is 0.240 e. The Morgan fingerprint density at radius 1 is 1.15 bits per heavy atom. The van der Waals surface area contributed by atoms with E-state index in [-0.39, 0.29) is 6.04 Å². The van der Waals surface area contributed by atoms with E-state index in [4.69, 9.17) is 4.74 Å². The molecule has 2 atom stereocenters. The molecule has 4 heteroatoms. The molecule has 1 aromatic rings. The van der Waals surface area contributed by atoms with Crippen molar-refractivity contribution < 1.29 is 9.53 Å². The van der Waals surface area contributed by atoms with Crippen molar-refractivity contribution in [2.45, 2.75) is 76.4 Å². The van der Waals surface area contributed by atoms with Gasteiger partial charge in [0.05, 0.1) is 6.04 Å². The molecule has 0 radical (unpaired) electrons. The first-order valence-corrected chi connectivity index (χ1v) is 10.5. The highest BCUT2D eigenvalue weighted by Gasteiger charge is 2.36. The van der Waals surface area contributed by atoms with Crippen LogP contribution in [0.1, 0.15) is 55.7 Å². The van der Waals surface area contributed by atoms with Gasteiger partial charge in [0.25, 0.3) is 0 Å². The van der Waals surface area contributed by atoms with Crippen molar-refractivity contribution in [1.82, 2.24) is 10.2 Å². The summed E-state index contributed by atoms with van der Waals surface area (Å²) in [5, 5.41) is 3.60. The van der Waals surface area contributed by atoms with Crippen molar-refractivity contribution in [3.05, 3.63) is 34.9 Å². The molecule has 3 aliphatic rings. The molecule has 2 unspecified atom stereocenters. The van der Waals surface area contributed by atoms with Gasteiger partial charge in [-0.2, -0.15) is 0 Å². The van der Waals surface area contributed by atoms with E-state index in [0.717, 1.165) is 45.4 Å². The van der Waals surface area contributed by atoms with Gasteiger partial charge < -0.3 is 15.0 Å². The average Bonchev–Trinajstić information content (AvgIpc) is 3.02. The summed E-state index contributed by atoms with van der Waals surface area (Å²) in [6.45, 7) is 4.69. The molecule has 1 aromatic carbocycles. The van der Waals surface area contributed by atoms with Crippen LogP contribution in [0.15, 0.2) is 18.2 Å². The second-order valence-corrected chi connectivity index (χ2v) is 8.30. The van der Waals surface area contributed by atoms with Gasteiger partial charge in [-0.15, -0.1) is 0 Å². The van der Waals surface area contributed by atoms with Gasteiger partial charge in [0.15, 0.2) is 0 Å². The quantitative estimate of drug-likeness (QED) is 0.882. The van der Waals surface area contributed by atoms with Gasteiger partial charge in [-0.1, -0.05) is 18.2 Å². The molecule has 142 valence electrons. The van der Waals surface area contributed by atoms with E-state index >= 15 is 0 Å². The highest BCUT2D eigenvalue weighted by atomic mass is 16.5. The van der Waals surface area contributed by atoms with Gasteiger partial charge in [0, 0.05) is 31.8 Å². The van der Waals surface area contributed by atoms with Crippen LogP contribution in [0.2, 0.25) is 0 Å². The zero-order valence-corrected chi connectivity index (χ0v) is 16.0. The van der Waals surface area contributed by atoms with Crippen molar-refractivity contribution in [3.8, 4) is 0 Å². The van der Waals surface area contributed by atoms with E-state index in [2.05, 4.69) is 35.3 Å². The molecule has 2 fully saturated rings. The van der Waals surface area contributed by atoms with Gasteiger partial charge in [-0.25, -0.2) is 0 Å². The van der Waals surface area contributed by atoms with Gasteiger partial charge in [-0.3, -0.25) is 4.79 Å². The minimum Gasteiger partial charge on any atom is -0.381 e. The van der Waals surface area contributed by atoms with Crippen molar-refractivity contribution in [2.24, 2.45) is 0 Å². The smallest absolute Gasteiger partial charge is 0.240 e. The molecule has 2 saturated heterocycles. The summed E-state index contributed by atoms with van der Waals surface area (Å²) in [6.07, 6.45) is 9.03. The average molecular weight is 357 g/mol. The lowest BCUT2D eigenvalue weighted by atomic mass is 9.89.